The van der Waals surface area contributed by atoms with E-state index in [1.165, 1.54) is 16.4 Å². The van der Waals surface area contributed by atoms with E-state index in [0.29, 0.717) is 0 Å². The first-order chi connectivity index (χ1) is 11.6. The first-order valence-electron chi connectivity index (χ1n) is 7.19. The lowest BCUT2D eigenvalue weighted by atomic mass is 10.2. The van der Waals surface area contributed by atoms with Crippen LogP contribution in [0.5, 0.6) is 0 Å². The van der Waals surface area contributed by atoms with Gasteiger partial charge in [-0.1, -0.05) is 25.4 Å². The third-order valence-corrected chi connectivity index (χ3v) is 5.47. The molecular weight excluding hydrogens is 374 g/mol. The van der Waals surface area contributed by atoms with E-state index in [1.54, 1.807) is 19.2 Å². The third kappa shape index (κ3) is 5.41. The van der Waals surface area contributed by atoms with Crippen LogP contribution in [0.3, 0.4) is 0 Å². The minimum absolute atomic E-state index is 0.0428. The fourth-order valence-corrected chi connectivity index (χ4v) is 3.60. The normalized spacial score (nSPS) is 11.2. The zero-order valence-corrected chi connectivity index (χ0v) is 15.2. The molecule has 1 aromatic rings. The molecule has 0 aliphatic carbocycles. The number of hydrogen-bond acceptors (Lipinski definition) is 6. The zero-order chi connectivity index (χ0) is 19.2. The summed E-state index contributed by atoms with van der Waals surface area (Å²) in [7, 11) is -3.79. The van der Waals surface area contributed by atoms with Crippen LogP contribution in [0.4, 0.5) is 4.79 Å². The molecule has 1 rings (SSSR count). The van der Waals surface area contributed by atoms with E-state index >= 15 is 0 Å². The van der Waals surface area contributed by atoms with Gasteiger partial charge in [-0.2, -0.15) is 4.31 Å². The third-order valence-electron chi connectivity index (χ3n) is 3.10. The van der Waals surface area contributed by atoms with Crippen molar-refractivity contribution in [3.8, 4) is 0 Å². The van der Waals surface area contributed by atoms with Crippen LogP contribution in [0.1, 0.15) is 24.2 Å². The van der Waals surface area contributed by atoms with Gasteiger partial charge >= 0.3 is 12.0 Å². The number of amides is 3. The number of carbonyl (C=O) groups excluding carboxylic acids is 3. The fraction of sp³-hybridized carbons (Fsp3) is 0.357. The van der Waals surface area contributed by atoms with Gasteiger partial charge in [0.25, 0.3) is 5.91 Å². The minimum atomic E-state index is -3.79. The molecule has 0 radical (unpaired) electrons. The van der Waals surface area contributed by atoms with Crippen molar-refractivity contribution >= 4 is 39.5 Å². The molecule has 0 atom stereocenters. The number of primary amides is 1. The molecule has 0 bridgehead atoms. The molecule has 9 nitrogen and oxygen atoms in total. The van der Waals surface area contributed by atoms with Crippen molar-refractivity contribution < 1.29 is 27.5 Å². The molecule has 0 aliphatic heterocycles. The highest BCUT2D eigenvalue weighted by Crippen LogP contribution is 2.23. The number of halogens is 1. The van der Waals surface area contributed by atoms with Crippen LogP contribution < -0.4 is 11.1 Å². The van der Waals surface area contributed by atoms with Crippen molar-refractivity contribution in [1.29, 1.82) is 0 Å². The number of rotatable bonds is 7. The predicted octanol–water partition coefficient (Wildman–Crippen LogP) is 0.722. The van der Waals surface area contributed by atoms with E-state index < -0.39 is 34.5 Å². The van der Waals surface area contributed by atoms with Crippen molar-refractivity contribution in [3.63, 3.8) is 0 Å². The van der Waals surface area contributed by atoms with E-state index in [0.717, 1.165) is 6.07 Å². The van der Waals surface area contributed by atoms with Crippen molar-refractivity contribution in [1.82, 2.24) is 9.62 Å². The Morgan fingerprint density at radius 2 is 1.84 bits per heavy atom. The highest BCUT2D eigenvalue weighted by Gasteiger charge is 2.24. The number of urea groups is 1. The Morgan fingerprint density at radius 1 is 1.24 bits per heavy atom. The van der Waals surface area contributed by atoms with Crippen LogP contribution in [-0.2, 0) is 19.6 Å². The Morgan fingerprint density at radius 3 is 2.36 bits per heavy atom. The van der Waals surface area contributed by atoms with E-state index in [9.17, 15) is 22.8 Å². The highest BCUT2D eigenvalue weighted by molar-refractivity contribution is 7.89. The van der Waals surface area contributed by atoms with Crippen LogP contribution in [0.15, 0.2) is 23.1 Å². The van der Waals surface area contributed by atoms with E-state index in [4.69, 9.17) is 22.1 Å². The summed E-state index contributed by atoms with van der Waals surface area (Å²) in [5, 5.41) is 1.67. The molecular formula is C14H18ClN3O6S. The number of hydrogen-bond donors (Lipinski definition) is 2. The molecule has 0 unspecified atom stereocenters. The summed E-state index contributed by atoms with van der Waals surface area (Å²) in [6.07, 6.45) is 0. The Hall–Kier alpha value is -2.17. The maximum absolute atomic E-state index is 12.5. The summed E-state index contributed by atoms with van der Waals surface area (Å²) < 4.78 is 30.9. The molecule has 11 heteroatoms. The Balaban J connectivity index is 3.03. The first kappa shape index (κ1) is 20.9. The average molecular weight is 392 g/mol. The van der Waals surface area contributed by atoms with Crippen molar-refractivity contribution in [2.45, 2.75) is 18.7 Å². The molecule has 3 amide bonds. The van der Waals surface area contributed by atoms with Gasteiger partial charge in [-0.05, 0) is 18.2 Å². The summed E-state index contributed by atoms with van der Waals surface area (Å²) in [5.41, 5.74) is 4.53. The maximum Gasteiger partial charge on any atom is 0.340 e. The lowest BCUT2D eigenvalue weighted by Crippen LogP contribution is -2.37. The second-order valence-electron chi connectivity index (χ2n) is 4.72. The SMILES string of the molecule is CCN(CC)S(=O)(=O)c1ccc(Cl)c(C(=O)OCC(=O)NC(N)=O)c1. The van der Waals surface area contributed by atoms with Crippen LogP contribution >= 0.6 is 11.6 Å². The summed E-state index contributed by atoms with van der Waals surface area (Å²) in [4.78, 5) is 33.7. The number of nitrogens with two attached hydrogens (primary N) is 1. The molecule has 0 heterocycles. The number of imide groups is 1. The fourth-order valence-electron chi connectivity index (χ4n) is 1.92. The van der Waals surface area contributed by atoms with Gasteiger partial charge in [0.1, 0.15) is 0 Å². The van der Waals surface area contributed by atoms with Crippen LogP contribution in [-0.4, -0.2) is 50.3 Å². The smallest absolute Gasteiger partial charge is 0.340 e. The van der Waals surface area contributed by atoms with Gasteiger partial charge in [0.05, 0.1) is 15.5 Å². The molecule has 0 saturated heterocycles. The van der Waals surface area contributed by atoms with Crippen molar-refractivity contribution in [2.75, 3.05) is 19.7 Å². The standard InChI is InChI=1S/C14H18ClN3O6S/c1-3-18(4-2)25(22,23)9-5-6-11(15)10(7-9)13(20)24-8-12(19)17-14(16)21/h5-7H,3-4,8H2,1-2H3,(H3,16,17,19,21). The van der Waals surface area contributed by atoms with Crippen LogP contribution in [0.25, 0.3) is 0 Å². The Kier molecular flexibility index (Phi) is 7.34. The monoisotopic (exact) mass is 391 g/mol. The van der Waals surface area contributed by atoms with Gasteiger partial charge in [0.15, 0.2) is 6.61 Å². The Labute approximate surface area is 150 Å². The summed E-state index contributed by atoms with van der Waals surface area (Å²) >= 11 is 5.90. The molecule has 3 N–H and O–H groups in total. The van der Waals surface area contributed by atoms with Gasteiger partial charge in [-0.25, -0.2) is 18.0 Å². The number of carbonyl (C=O) groups is 3. The largest absolute Gasteiger partial charge is 0.452 e. The minimum Gasteiger partial charge on any atom is -0.452 e. The molecule has 0 aliphatic rings. The lowest BCUT2D eigenvalue weighted by Gasteiger charge is -2.19. The first-order valence-corrected chi connectivity index (χ1v) is 9.01. The molecule has 0 fully saturated rings. The van der Waals surface area contributed by atoms with Gasteiger partial charge in [-0.15, -0.1) is 0 Å². The molecule has 25 heavy (non-hydrogen) atoms. The molecule has 0 saturated carbocycles. The summed E-state index contributed by atoms with van der Waals surface area (Å²) in [6.45, 7) is 3.11. The average Bonchev–Trinajstić information content (AvgIpc) is 2.53. The van der Waals surface area contributed by atoms with Crippen molar-refractivity contribution in [3.05, 3.63) is 28.8 Å². The van der Waals surface area contributed by atoms with E-state index in [-0.39, 0.29) is 28.6 Å². The number of nitrogens with zero attached hydrogens (tertiary/aromatic N) is 1. The van der Waals surface area contributed by atoms with Gasteiger partial charge < -0.3 is 10.5 Å². The topological polar surface area (TPSA) is 136 Å². The Bertz CT molecular complexity index is 777. The number of benzene rings is 1. The number of sulfonamides is 1. The molecule has 138 valence electrons. The second kappa shape index (κ2) is 8.79. The van der Waals surface area contributed by atoms with Gasteiger partial charge in [0, 0.05) is 13.1 Å². The summed E-state index contributed by atoms with van der Waals surface area (Å²) in [5.74, 6) is -1.94. The molecule has 0 aromatic heterocycles. The zero-order valence-electron chi connectivity index (χ0n) is 13.6. The predicted molar refractivity (Wildman–Crippen MR) is 89.6 cm³/mol. The van der Waals surface area contributed by atoms with Crippen molar-refractivity contribution in [2.24, 2.45) is 5.73 Å². The summed E-state index contributed by atoms with van der Waals surface area (Å²) in [6, 6.07) is 2.50. The highest BCUT2D eigenvalue weighted by atomic mass is 35.5. The number of nitrogens with one attached hydrogen (secondary N) is 1. The van der Waals surface area contributed by atoms with E-state index in [2.05, 4.69) is 0 Å². The number of esters is 1. The van der Waals surface area contributed by atoms with Gasteiger partial charge in [-0.3, -0.25) is 10.1 Å². The molecule has 0 spiro atoms. The van der Waals surface area contributed by atoms with Crippen LogP contribution in [0.2, 0.25) is 5.02 Å². The maximum atomic E-state index is 12.5. The lowest BCUT2D eigenvalue weighted by molar-refractivity contribution is -0.123. The van der Waals surface area contributed by atoms with Crippen LogP contribution in [0, 0.1) is 0 Å². The van der Waals surface area contributed by atoms with Gasteiger partial charge in [0.2, 0.25) is 10.0 Å². The molecule has 1 aromatic carbocycles. The second-order valence-corrected chi connectivity index (χ2v) is 7.06. The van der Waals surface area contributed by atoms with E-state index in [1.807, 2.05) is 0 Å². The quantitative estimate of drug-likeness (QED) is 0.657. The number of ether oxygens (including phenoxy) is 1.